The molecule has 8 heteroatoms. The van der Waals surface area contributed by atoms with Gasteiger partial charge in [0.1, 0.15) is 36.0 Å². The Hall–Kier alpha value is -5.19. The highest BCUT2D eigenvalue weighted by Crippen LogP contribution is 2.44. The second kappa shape index (κ2) is 18.6. The predicted molar refractivity (Wildman–Crippen MR) is 220 cm³/mol. The molecule has 58 heavy (non-hydrogen) atoms. The van der Waals surface area contributed by atoms with Crippen LogP contribution < -0.4 is 4.74 Å². The molecule has 7 nitrogen and oxygen atoms in total. The Bertz CT molecular complexity index is 2220. The molecule has 6 aromatic carbocycles. The van der Waals surface area contributed by atoms with Crippen molar-refractivity contribution in [1.82, 2.24) is 0 Å². The van der Waals surface area contributed by atoms with Crippen molar-refractivity contribution in [2.45, 2.75) is 75.9 Å². The van der Waals surface area contributed by atoms with E-state index >= 15 is 4.39 Å². The first-order valence-corrected chi connectivity index (χ1v) is 19.9. The lowest BCUT2D eigenvalue weighted by Crippen LogP contribution is -2.66. The zero-order valence-electron chi connectivity index (χ0n) is 32.7. The largest absolute Gasteiger partial charge is 0.496 e. The molecule has 1 heterocycles. The minimum absolute atomic E-state index is 0.00696. The third-order valence-corrected chi connectivity index (χ3v) is 11.0. The van der Waals surface area contributed by atoms with E-state index in [1.54, 1.807) is 6.07 Å². The fourth-order valence-electron chi connectivity index (χ4n) is 7.85. The van der Waals surface area contributed by atoms with Gasteiger partial charge in [-0.25, -0.2) is 4.39 Å². The average molecular weight is 781 g/mol. The molecule has 0 amide bonds. The van der Waals surface area contributed by atoms with Gasteiger partial charge in [-0.3, -0.25) is 0 Å². The minimum Gasteiger partial charge on any atom is -0.496 e. The second-order valence-corrected chi connectivity index (χ2v) is 15.0. The lowest BCUT2D eigenvalue weighted by atomic mass is 9.84. The lowest BCUT2D eigenvalue weighted by molar-refractivity contribution is -0.379. The van der Waals surface area contributed by atoms with E-state index in [4.69, 9.17) is 28.4 Å². The highest BCUT2D eigenvalue weighted by atomic mass is 19.1. The molecule has 0 radical (unpaired) electrons. The van der Waals surface area contributed by atoms with Crippen LogP contribution in [0.2, 0.25) is 0 Å². The van der Waals surface area contributed by atoms with Crippen LogP contribution in [0.5, 0.6) is 5.75 Å². The number of rotatable bonds is 17. The zero-order valence-corrected chi connectivity index (χ0v) is 32.7. The summed E-state index contributed by atoms with van der Waals surface area (Å²) in [6, 6.07) is 48.5. The Kier molecular flexibility index (Phi) is 12.7. The van der Waals surface area contributed by atoms with Crippen molar-refractivity contribution in [1.29, 1.82) is 0 Å². The molecule has 1 saturated heterocycles. The average Bonchev–Trinajstić information content (AvgIpc) is 3.25. The molecule has 2 aliphatic rings. The van der Waals surface area contributed by atoms with Gasteiger partial charge >= 0.3 is 0 Å². The summed E-state index contributed by atoms with van der Waals surface area (Å²) >= 11 is 0. The van der Waals surface area contributed by atoms with Crippen LogP contribution in [0, 0.1) is 5.82 Å². The Balaban J connectivity index is 1.21. The van der Waals surface area contributed by atoms with Crippen LogP contribution >= 0.6 is 0 Å². The van der Waals surface area contributed by atoms with Crippen molar-refractivity contribution in [3.8, 4) is 5.75 Å². The molecule has 1 fully saturated rings. The lowest BCUT2D eigenvalue weighted by Gasteiger charge is -2.50. The highest BCUT2D eigenvalue weighted by molar-refractivity contribution is 5.46. The van der Waals surface area contributed by atoms with Crippen molar-refractivity contribution in [2.24, 2.45) is 0 Å². The molecule has 6 aromatic rings. The van der Waals surface area contributed by atoms with E-state index in [0.717, 1.165) is 40.7 Å². The third kappa shape index (κ3) is 9.24. The first kappa shape index (κ1) is 39.6. The molecule has 0 bridgehead atoms. The van der Waals surface area contributed by atoms with E-state index in [1.807, 2.05) is 121 Å². The Morgan fingerprint density at radius 1 is 0.603 bits per heavy atom. The number of hydrogen-bond donors (Lipinski definition) is 1. The molecule has 1 unspecified atom stereocenters. The minimum atomic E-state index is -2.37. The van der Waals surface area contributed by atoms with E-state index in [0.29, 0.717) is 17.7 Å². The molecular weight excluding hydrogens is 732 g/mol. The topological polar surface area (TPSA) is 75.6 Å². The Labute approximate surface area is 339 Å². The number of benzene rings is 6. The standard InChI is InChI=1S/C50H49FO7/c1-53-45-29-44(51)43(28-42(45)27-39-22-23-40-24-25-41(40)26-39)50(52)49(57-33-38-20-12-5-13-21-38)48(56-32-37-18-10-4-11-19-37)47(55-31-36-16-8-3-9-17-36)46(58-50)34-54-30-35-14-6-2-7-15-35/h2-23,26,28-29,46-49,52H,24-25,27,30-34H2,1H3/t46-,47-,48+,49-,50?/m1/s1. The summed E-state index contributed by atoms with van der Waals surface area (Å²) in [5.41, 5.74) is 8.02. The molecule has 5 atom stereocenters. The summed E-state index contributed by atoms with van der Waals surface area (Å²) in [6.45, 7) is 0.775. The summed E-state index contributed by atoms with van der Waals surface area (Å²) in [4.78, 5) is 0. The van der Waals surface area contributed by atoms with Crippen LogP contribution in [-0.2, 0) is 75.2 Å². The molecule has 0 saturated carbocycles. The molecule has 0 spiro atoms. The van der Waals surface area contributed by atoms with Gasteiger partial charge in [-0.2, -0.15) is 0 Å². The zero-order chi connectivity index (χ0) is 39.7. The summed E-state index contributed by atoms with van der Waals surface area (Å²) in [5, 5.41) is 13.2. The number of methoxy groups -OCH3 is 1. The van der Waals surface area contributed by atoms with Gasteiger partial charge in [0.25, 0.3) is 0 Å². The predicted octanol–water partition coefficient (Wildman–Crippen LogP) is 9.04. The molecule has 0 aromatic heterocycles. The van der Waals surface area contributed by atoms with Crippen LogP contribution in [0.15, 0.2) is 152 Å². The maximum atomic E-state index is 16.8. The number of aryl methyl sites for hydroxylation is 2. The maximum Gasteiger partial charge on any atom is 0.225 e. The van der Waals surface area contributed by atoms with Crippen molar-refractivity contribution < 1.29 is 37.9 Å². The smallest absolute Gasteiger partial charge is 0.225 e. The van der Waals surface area contributed by atoms with Gasteiger partial charge in [-0.15, -0.1) is 0 Å². The van der Waals surface area contributed by atoms with E-state index in [9.17, 15) is 5.11 Å². The third-order valence-electron chi connectivity index (χ3n) is 11.0. The Morgan fingerprint density at radius 3 is 1.67 bits per heavy atom. The summed E-state index contributed by atoms with van der Waals surface area (Å²) in [7, 11) is 1.52. The van der Waals surface area contributed by atoms with Crippen molar-refractivity contribution in [3.05, 3.63) is 208 Å². The van der Waals surface area contributed by atoms with Crippen molar-refractivity contribution in [2.75, 3.05) is 13.7 Å². The first-order chi connectivity index (χ1) is 28.5. The second-order valence-electron chi connectivity index (χ2n) is 15.0. The van der Waals surface area contributed by atoms with Crippen LogP contribution in [-0.4, -0.2) is 43.2 Å². The Morgan fingerprint density at radius 2 is 1.14 bits per heavy atom. The maximum absolute atomic E-state index is 16.8. The van der Waals surface area contributed by atoms with Crippen LogP contribution in [0.25, 0.3) is 0 Å². The van der Waals surface area contributed by atoms with Crippen molar-refractivity contribution in [3.63, 3.8) is 0 Å². The van der Waals surface area contributed by atoms with Gasteiger partial charge in [0.2, 0.25) is 5.79 Å². The number of ether oxygens (including phenoxy) is 6. The number of fused-ring (bicyclic) bond motifs is 1. The van der Waals surface area contributed by atoms with E-state index in [1.165, 1.54) is 24.3 Å². The van der Waals surface area contributed by atoms with Gasteiger partial charge in [0, 0.05) is 18.1 Å². The fourth-order valence-corrected chi connectivity index (χ4v) is 7.85. The molecule has 1 aliphatic heterocycles. The van der Waals surface area contributed by atoms with Crippen LogP contribution in [0.3, 0.4) is 0 Å². The summed E-state index contributed by atoms with van der Waals surface area (Å²) < 4.78 is 56.0. The van der Waals surface area contributed by atoms with Crippen LogP contribution in [0.4, 0.5) is 4.39 Å². The van der Waals surface area contributed by atoms with Crippen LogP contribution in [0.1, 0.15) is 50.1 Å². The van der Waals surface area contributed by atoms with Gasteiger partial charge in [0.15, 0.2) is 0 Å². The molecule has 1 N–H and O–H groups in total. The molecule has 1 aliphatic carbocycles. The number of aliphatic hydroxyl groups is 1. The summed E-state index contributed by atoms with van der Waals surface area (Å²) in [6.07, 6.45) is -1.40. The SMILES string of the molecule is COc1cc(F)c(C2(O)O[C@H](COCc3ccccc3)[C@@H](OCc3ccccc3)[C@H](OCc3ccccc3)[C@H]2OCc2ccccc2)cc1Cc1ccc2c(c1)CC2. The van der Waals surface area contributed by atoms with E-state index in [2.05, 4.69) is 18.2 Å². The summed E-state index contributed by atoms with van der Waals surface area (Å²) in [5.74, 6) is -2.70. The monoisotopic (exact) mass is 780 g/mol. The fraction of sp³-hybridized carbons (Fsp3) is 0.280. The number of hydrogen-bond acceptors (Lipinski definition) is 7. The van der Waals surface area contributed by atoms with Gasteiger partial charge in [-0.1, -0.05) is 140 Å². The van der Waals surface area contributed by atoms with Gasteiger partial charge < -0.3 is 33.5 Å². The van der Waals surface area contributed by atoms with Gasteiger partial charge in [0.05, 0.1) is 40.1 Å². The number of halogens is 1. The molecular formula is C50H49FO7. The highest BCUT2D eigenvalue weighted by Gasteiger charge is 2.58. The molecule has 298 valence electrons. The first-order valence-electron chi connectivity index (χ1n) is 19.9. The van der Waals surface area contributed by atoms with Gasteiger partial charge in [-0.05, 0) is 63.4 Å². The normalized spacial score (nSPS) is 21.2. The van der Waals surface area contributed by atoms with E-state index in [-0.39, 0.29) is 38.6 Å². The quantitative estimate of drug-likeness (QED) is 0.0991. The van der Waals surface area contributed by atoms with Crippen molar-refractivity contribution >= 4 is 0 Å². The molecule has 8 rings (SSSR count). The van der Waals surface area contributed by atoms with E-state index < -0.39 is 36.0 Å².